The highest BCUT2D eigenvalue weighted by molar-refractivity contribution is 7.12. The zero-order valence-corrected chi connectivity index (χ0v) is 10.9. The summed E-state index contributed by atoms with van der Waals surface area (Å²) in [5.74, 6) is 0.880. The highest BCUT2D eigenvalue weighted by atomic mass is 32.1. The summed E-state index contributed by atoms with van der Waals surface area (Å²) in [4.78, 5) is 12.1. The van der Waals surface area contributed by atoms with E-state index in [1.54, 1.807) is 6.07 Å². The van der Waals surface area contributed by atoms with Crippen LogP contribution in [-0.2, 0) is 13.0 Å². The predicted molar refractivity (Wildman–Crippen MR) is 66.3 cm³/mol. The van der Waals surface area contributed by atoms with Gasteiger partial charge in [-0.1, -0.05) is 6.92 Å². The Labute approximate surface area is 111 Å². The Morgan fingerprint density at radius 3 is 2.84 bits per heavy atom. The summed E-state index contributed by atoms with van der Waals surface area (Å²) in [6, 6.07) is 3.64. The summed E-state index contributed by atoms with van der Waals surface area (Å²) in [5, 5.41) is 17.9. The molecule has 0 saturated carbocycles. The van der Waals surface area contributed by atoms with E-state index in [1.807, 2.05) is 18.4 Å². The Hall–Kier alpha value is -2.29. The molecule has 3 aromatic heterocycles. The first-order valence-corrected chi connectivity index (χ1v) is 6.54. The van der Waals surface area contributed by atoms with E-state index in [0.717, 1.165) is 5.00 Å². The Morgan fingerprint density at radius 2 is 2.16 bits per heavy atom. The fourth-order valence-electron chi connectivity index (χ4n) is 1.53. The summed E-state index contributed by atoms with van der Waals surface area (Å²) in [7, 11) is 0. The Kier molecular flexibility index (Phi) is 2.95. The minimum absolute atomic E-state index is 0.122. The first kappa shape index (κ1) is 11.8. The zero-order chi connectivity index (χ0) is 13.2. The van der Waals surface area contributed by atoms with E-state index in [4.69, 9.17) is 4.42 Å². The maximum absolute atomic E-state index is 12.1. The van der Waals surface area contributed by atoms with Gasteiger partial charge in [-0.05, 0) is 27.9 Å². The van der Waals surface area contributed by atoms with E-state index in [-0.39, 0.29) is 12.2 Å². The molecule has 0 bridgehead atoms. The molecule has 0 N–H and O–H groups in total. The quantitative estimate of drug-likeness (QED) is 0.689. The van der Waals surface area contributed by atoms with Crippen molar-refractivity contribution in [3.05, 3.63) is 39.8 Å². The van der Waals surface area contributed by atoms with Gasteiger partial charge in [0.1, 0.15) is 11.5 Å². The van der Waals surface area contributed by atoms with Gasteiger partial charge < -0.3 is 4.42 Å². The predicted octanol–water partition coefficient (Wildman–Crippen LogP) is 0.484. The van der Waals surface area contributed by atoms with Crippen molar-refractivity contribution in [2.24, 2.45) is 0 Å². The van der Waals surface area contributed by atoms with E-state index >= 15 is 0 Å². The van der Waals surface area contributed by atoms with Crippen LogP contribution < -0.4 is 5.69 Å². The Morgan fingerprint density at radius 1 is 1.32 bits per heavy atom. The lowest BCUT2D eigenvalue weighted by molar-refractivity contribution is 0.427. The van der Waals surface area contributed by atoms with Crippen LogP contribution in [0.3, 0.4) is 0 Å². The third kappa shape index (κ3) is 2.19. The fourth-order valence-corrected chi connectivity index (χ4v) is 2.19. The topological polar surface area (TPSA) is 91.6 Å². The van der Waals surface area contributed by atoms with Crippen molar-refractivity contribution in [1.29, 1.82) is 0 Å². The van der Waals surface area contributed by atoms with Crippen LogP contribution in [0.15, 0.2) is 26.7 Å². The van der Waals surface area contributed by atoms with E-state index in [9.17, 15) is 4.79 Å². The molecule has 0 saturated heterocycles. The second-order valence-electron chi connectivity index (χ2n) is 3.73. The minimum atomic E-state index is -0.335. The standard InChI is InChI=1S/C10H10N6O2S/c1-2-7-11-12-8(18-7)6-15-10(17)16(14-13-15)9-4-3-5-19-9/h3-5H,2,6H2,1H3. The summed E-state index contributed by atoms with van der Waals surface area (Å²) in [6.45, 7) is 2.04. The van der Waals surface area contributed by atoms with Gasteiger partial charge in [0, 0.05) is 6.42 Å². The normalized spacial score (nSPS) is 11.0. The highest BCUT2D eigenvalue weighted by Crippen LogP contribution is 2.10. The van der Waals surface area contributed by atoms with Gasteiger partial charge in [-0.15, -0.1) is 21.5 Å². The van der Waals surface area contributed by atoms with Crippen molar-refractivity contribution < 1.29 is 4.42 Å². The van der Waals surface area contributed by atoms with Crippen molar-refractivity contribution in [2.75, 3.05) is 0 Å². The van der Waals surface area contributed by atoms with Crippen LogP contribution in [0.25, 0.3) is 5.00 Å². The molecule has 8 nitrogen and oxygen atoms in total. The number of hydrogen-bond acceptors (Lipinski definition) is 7. The smallest absolute Gasteiger partial charge is 0.369 e. The lowest BCUT2D eigenvalue weighted by atomic mass is 10.5. The van der Waals surface area contributed by atoms with Gasteiger partial charge in [0.2, 0.25) is 11.8 Å². The van der Waals surface area contributed by atoms with Crippen LogP contribution in [0.1, 0.15) is 18.7 Å². The van der Waals surface area contributed by atoms with Gasteiger partial charge in [-0.2, -0.15) is 9.36 Å². The van der Waals surface area contributed by atoms with Gasteiger partial charge in [0.25, 0.3) is 0 Å². The van der Waals surface area contributed by atoms with E-state index in [2.05, 4.69) is 20.6 Å². The highest BCUT2D eigenvalue weighted by Gasteiger charge is 2.12. The third-order valence-electron chi connectivity index (χ3n) is 2.45. The largest absolute Gasteiger partial charge is 0.423 e. The van der Waals surface area contributed by atoms with E-state index in [1.165, 1.54) is 20.7 Å². The van der Waals surface area contributed by atoms with Crippen LogP contribution in [-0.4, -0.2) is 30.0 Å². The summed E-state index contributed by atoms with van der Waals surface area (Å²) in [5.41, 5.74) is -0.335. The van der Waals surface area contributed by atoms with E-state index < -0.39 is 0 Å². The number of thiophene rings is 1. The molecule has 19 heavy (non-hydrogen) atoms. The number of aryl methyl sites for hydroxylation is 1. The molecule has 3 aromatic rings. The van der Waals surface area contributed by atoms with Gasteiger partial charge in [0.05, 0.1) is 0 Å². The summed E-state index contributed by atoms with van der Waals surface area (Å²) in [6.07, 6.45) is 0.657. The lowest BCUT2D eigenvalue weighted by Gasteiger charge is -1.92. The van der Waals surface area contributed by atoms with Crippen molar-refractivity contribution in [3.63, 3.8) is 0 Å². The molecule has 0 atom stereocenters. The first-order valence-electron chi connectivity index (χ1n) is 5.66. The maximum atomic E-state index is 12.1. The molecule has 0 radical (unpaired) electrons. The number of hydrogen-bond donors (Lipinski definition) is 0. The number of aromatic nitrogens is 6. The van der Waals surface area contributed by atoms with Crippen molar-refractivity contribution in [2.45, 2.75) is 19.9 Å². The lowest BCUT2D eigenvalue weighted by Crippen LogP contribution is -2.24. The number of rotatable bonds is 4. The minimum Gasteiger partial charge on any atom is -0.423 e. The van der Waals surface area contributed by atoms with Crippen molar-refractivity contribution in [1.82, 2.24) is 30.0 Å². The van der Waals surface area contributed by atoms with Crippen molar-refractivity contribution >= 4 is 11.3 Å². The molecule has 0 fully saturated rings. The third-order valence-corrected chi connectivity index (χ3v) is 3.29. The molecule has 0 aliphatic carbocycles. The number of tetrazole rings is 1. The average Bonchev–Trinajstić information content (AvgIpc) is 3.12. The zero-order valence-electron chi connectivity index (χ0n) is 10.1. The molecule has 0 aliphatic heterocycles. The van der Waals surface area contributed by atoms with Gasteiger partial charge in [-0.3, -0.25) is 0 Å². The fraction of sp³-hybridized carbons (Fsp3) is 0.300. The molecule has 3 heterocycles. The van der Waals surface area contributed by atoms with Crippen LogP contribution >= 0.6 is 11.3 Å². The second-order valence-corrected chi connectivity index (χ2v) is 4.65. The van der Waals surface area contributed by atoms with Crippen LogP contribution in [0, 0.1) is 0 Å². The average molecular weight is 278 g/mol. The SMILES string of the molecule is CCc1nnc(Cn2nnn(-c3cccs3)c2=O)o1. The number of nitrogens with zero attached hydrogens (tertiary/aromatic N) is 6. The summed E-state index contributed by atoms with van der Waals surface area (Å²) >= 11 is 1.41. The molecule has 0 aliphatic rings. The first-order chi connectivity index (χ1) is 9.28. The molecule has 9 heteroatoms. The van der Waals surface area contributed by atoms with E-state index in [0.29, 0.717) is 18.2 Å². The van der Waals surface area contributed by atoms with Gasteiger partial charge in [-0.25, -0.2) is 4.79 Å². The molecular weight excluding hydrogens is 268 g/mol. The van der Waals surface area contributed by atoms with Crippen LogP contribution in [0.4, 0.5) is 0 Å². The summed E-state index contributed by atoms with van der Waals surface area (Å²) < 4.78 is 7.76. The molecule has 0 aromatic carbocycles. The monoisotopic (exact) mass is 278 g/mol. The molecule has 0 amide bonds. The molecule has 3 rings (SSSR count). The van der Waals surface area contributed by atoms with Crippen LogP contribution in [0.5, 0.6) is 0 Å². The molecule has 98 valence electrons. The van der Waals surface area contributed by atoms with Gasteiger partial charge >= 0.3 is 5.69 Å². The molecule has 0 unspecified atom stereocenters. The van der Waals surface area contributed by atoms with Crippen molar-refractivity contribution in [3.8, 4) is 5.00 Å². The maximum Gasteiger partial charge on any atom is 0.369 e. The van der Waals surface area contributed by atoms with Crippen LogP contribution in [0.2, 0.25) is 0 Å². The van der Waals surface area contributed by atoms with Gasteiger partial charge in [0.15, 0.2) is 0 Å². The molecule has 0 spiro atoms. The Bertz CT molecular complexity index is 725. The molecular formula is C10H10N6O2S. The Balaban J connectivity index is 1.88. The second kappa shape index (κ2) is 4.76.